The second-order valence-electron chi connectivity index (χ2n) is 6.75. The lowest BCUT2D eigenvalue weighted by Crippen LogP contribution is -2.17. The SMILES string of the molecule is O=C(O)c1ccc(Cn2nc(-c3cccc([N+](=O)[O-])c3)sc2=Nc2cccc(Br)c2)cc1. The summed E-state index contributed by atoms with van der Waals surface area (Å²) >= 11 is 4.75. The van der Waals surface area contributed by atoms with Crippen molar-refractivity contribution in [2.24, 2.45) is 4.99 Å². The van der Waals surface area contributed by atoms with Crippen LogP contribution in [-0.4, -0.2) is 25.8 Å². The van der Waals surface area contributed by atoms with Gasteiger partial charge in [-0.2, -0.15) is 5.10 Å². The van der Waals surface area contributed by atoms with E-state index in [0.29, 0.717) is 21.9 Å². The molecule has 0 spiro atoms. The van der Waals surface area contributed by atoms with Crippen LogP contribution in [0.5, 0.6) is 0 Å². The molecule has 1 heterocycles. The minimum Gasteiger partial charge on any atom is -0.478 e. The number of halogens is 1. The third-order valence-corrected chi connectivity index (χ3v) is 5.98. The van der Waals surface area contributed by atoms with E-state index in [0.717, 1.165) is 15.7 Å². The zero-order valence-corrected chi connectivity index (χ0v) is 18.8. The summed E-state index contributed by atoms with van der Waals surface area (Å²) in [5.41, 5.74) is 2.38. The number of carbonyl (C=O) groups is 1. The molecule has 0 aliphatic heterocycles. The first-order valence-electron chi connectivity index (χ1n) is 9.34. The number of non-ortho nitro benzene ring substituents is 1. The number of carboxylic acids is 1. The van der Waals surface area contributed by atoms with Gasteiger partial charge in [-0.05, 0) is 35.9 Å². The van der Waals surface area contributed by atoms with Crippen LogP contribution >= 0.6 is 27.3 Å². The van der Waals surface area contributed by atoms with Crippen LogP contribution in [-0.2, 0) is 6.54 Å². The number of nitro benzene ring substituents is 1. The molecule has 0 atom stereocenters. The second-order valence-corrected chi connectivity index (χ2v) is 8.62. The van der Waals surface area contributed by atoms with Crippen molar-refractivity contribution in [2.45, 2.75) is 6.54 Å². The Kier molecular flexibility index (Phi) is 6.24. The summed E-state index contributed by atoms with van der Waals surface area (Å²) in [6.45, 7) is 0.359. The highest BCUT2D eigenvalue weighted by molar-refractivity contribution is 9.10. The quantitative estimate of drug-likeness (QED) is 0.281. The molecule has 32 heavy (non-hydrogen) atoms. The summed E-state index contributed by atoms with van der Waals surface area (Å²) < 4.78 is 2.59. The molecular weight excluding hydrogens is 496 g/mol. The molecule has 8 nitrogen and oxygen atoms in total. The van der Waals surface area contributed by atoms with Gasteiger partial charge in [-0.15, -0.1) is 0 Å². The van der Waals surface area contributed by atoms with Crippen molar-refractivity contribution in [3.05, 3.63) is 103 Å². The summed E-state index contributed by atoms with van der Waals surface area (Å²) in [4.78, 5) is 27.1. The largest absolute Gasteiger partial charge is 0.478 e. The normalized spacial score (nSPS) is 11.5. The second kappa shape index (κ2) is 9.25. The van der Waals surface area contributed by atoms with Crippen molar-refractivity contribution < 1.29 is 14.8 Å². The molecule has 1 N–H and O–H groups in total. The molecule has 0 saturated heterocycles. The van der Waals surface area contributed by atoms with Crippen LogP contribution in [0.2, 0.25) is 0 Å². The van der Waals surface area contributed by atoms with E-state index in [1.54, 1.807) is 28.9 Å². The third kappa shape index (κ3) is 4.98. The van der Waals surface area contributed by atoms with Crippen molar-refractivity contribution in [1.29, 1.82) is 0 Å². The molecule has 0 saturated carbocycles. The standard InChI is InChI=1S/C22H15BrN4O4S/c23-17-4-2-5-18(12-17)24-22-26(13-14-7-9-15(10-8-14)21(28)29)25-20(32-22)16-3-1-6-19(11-16)27(30)31/h1-12H,13H2,(H,28,29). The summed E-state index contributed by atoms with van der Waals surface area (Å²) in [6.07, 6.45) is 0. The lowest BCUT2D eigenvalue weighted by molar-refractivity contribution is -0.384. The number of nitrogens with zero attached hydrogens (tertiary/aromatic N) is 4. The van der Waals surface area contributed by atoms with Gasteiger partial charge in [0.25, 0.3) is 5.69 Å². The van der Waals surface area contributed by atoms with Gasteiger partial charge in [0.05, 0.1) is 22.7 Å². The molecule has 1 aromatic heterocycles. The molecule has 0 aliphatic carbocycles. The first-order valence-corrected chi connectivity index (χ1v) is 11.0. The van der Waals surface area contributed by atoms with Gasteiger partial charge in [-0.3, -0.25) is 10.1 Å². The van der Waals surface area contributed by atoms with Gasteiger partial charge in [0.2, 0.25) is 4.80 Å². The summed E-state index contributed by atoms with van der Waals surface area (Å²) in [5.74, 6) is -0.990. The Morgan fingerprint density at radius 1 is 1.12 bits per heavy atom. The van der Waals surface area contributed by atoms with Gasteiger partial charge in [0.15, 0.2) is 0 Å². The minimum absolute atomic E-state index is 0.0148. The number of carboxylic acid groups (broad SMARTS) is 1. The van der Waals surface area contributed by atoms with E-state index in [-0.39, 0.29) is 11.3 Å². The van der Waals surface area contributed by atoms with E-state index < -0.39 is 10.9 Å². The summed E-state index contributed by atoms with van der Waals surface area (Å²) in [5, 5.41) is 25.5. The molecule has 160 valence electrons. The van der Waals surface area contributed by atoms with E-state index in [1.165, 1.54) is 35.6 Å². The van der Waals surface area contributed by atoms with E-state index in [9.17, 15) is 14.9 Å². The number of rotatable bonds is 6. The van der Waals surface area contributed by atoms with E-state index in [1.807, 2.05) is 24.3 Å². The molecule has 10 heteroatoms. The van der Waals surface area contributed by atoms with Crippen LogP contribution in [0.3, 0.4) is 0 Å². The maximum Gasteiger partial charge on any atom is 0.335 e. The Balaban J connectivity index is 1.79. The molecule has 0 aliphatic rings. The van der Waals surface area contributed by atoms with Gasteiger partial charge in [0, 0.05) is 22.2 Å². The van der Waals surface area contributed by atoms with E-state index in [2.05, 4.69) is 21.0 Å². The topological polar surface area (TPSA) is 111 Å². The highest BCUT2D eigenvalue weighted by atomic mass is 79.9. The summed E-state index contributed by atoms with van der Waals surface area (Å²) in [7, 11) is 0. The molecule has 0 fully saturated rings. The maximum absolute atomic E-state index is 11.2. The molecule has 0 radical (unpaired) electrons. The number of aromatic carboxylic acids is 1. The van der Waals surface area contributed by atoms with Crippen LogP contribution in [0.15, 0.2) is 82.3 Å². The van der Waals surface area contributed by atoms with Gasteiger partial charge in [-0.25, -0.2) is 14.5 Å². The summed E-state index contributed by atoms with van der Waals surface area (Å²) in [6, 6.07) is 20.3. The molecule has 0 bridgehead atoms. The van der Waals surface area contributed by atoms with E-state index in [4.69, 9.17) is 10.1 Å². The zero-order chi connectivity index (χ0) is 22.7. The lowest BCUT2D eigenvalue weighted by Gasteiger charge is -2.03. The zero-order valence-electron chi connectivity index (χ0n) is 16.4. The third-order valence-electron chi connectivity index (χ3n) is 4.49. The molecule has 4 aromatic rings. The van der Waals surface area contributed by atoms with Crippen molar-refractivity contribution in [2.75, 3.05) is 0 Å². The number of hydrogen-bond acceptors (Lipinski definition) is 6. The fourth-order valence-electron chi connectivity index (χ4n) is 2.95. The van der Waals surface area contributed by atoms with Crippen molar-refractivity contribution in [3.63, 3.8) is 0 Å². The Labute approximate surface area is 194 Å². The number of nitro groups is 1. The Hall–Kier alpha value is -3.63. The van der Waals surface area contributed by atoms with Crippen LogP contribution in [0, 0.1) is 10.1 Å². The predicted molar refractivity (Wildman–Crippen MR) is 124 cm³/mol. The maximum atomic E-state index is 11.2. The van der Waals surface area contributed by atoms with Crippen molar-refractivity contribution in [3.8, 4) is 10.6 Å². The molecule has 0 amide bonds. The van der Waals surface area contributed by atoms with Gasteiger partial charge in [-0.1, -0.05) is 57.6 Å². The molecule has 0 unspecified atom stereocenters. The number of aromatic nitrogens is 2. The monoisotopic (exact) mass is 510 g/mol. The highest BCUT2D eigenvalue weighted by Gasteiger charge is 2.13. The number of hydrogen-bond donors (Lipinski definition) is 1. The highest BCUT2D eigenvalue weighted by Crippen LogP contribution is 2.25. The lowest BCUT2D eigenvalue weighted by atomic mass is 10.1. The smallest absolute Gasteiger partial charge is 0.335 e. The Morgan fingerprint density at radius 2 is 1.88 bits per heavy atom. The minimum atomic E-state index is -0.990. The Bertz CT molecular complexity index is 1380. The average molecular weight is 511 g/mol. The fourth-order valence-corrected chi connectivity index (χ4v) is 4.25. The Morgan fingerprint density at radius 3 is 2.56 bits per heavy atom. The van der Waals surface area contributed by atoms with Crippen molar-refractivity contribution in [1.82, 2.24) is 9.78 Å². The molecule has 4 rings (SSSR count). The fraction of sp³-hybridized carbons (Fsp3) is 0.0455. The number of benzene rings is 3. The average Bonchev–Trinajstić information content (AvgIpc) is 3.16. The van der Waals surface area contributed by atoms with Crippen LogP contribution in [0.1, 0.15) is 15.9 Å². The van der Waals surface area contributed by atoms with Crippen LogP contribution < -0.4 is 4.80 Å². The van der Waals surface area contributed by atoms with Crippen LogP contribution in [0.25, 0.3) is 10.6 Å². The first kappa shape index (κ1) is 21.6. The molecular formula is C22H15BrN4O4S. The van der Waals surface area contributed by atoms with Gasteiger partial charge >= 0.3 is 5.97 Å². The molecule has 3 aromatic carbocycles. The predicted octanol–water partition coefficient (Wildman–Crippen LogP) is 5.26. The van der Waals surface area contributed by atoms with E-state index >= 15 is 0 Å². The van der Waals surface area contributed by atoms with Crippen molar-refractivity contribution >= 4 is 44.6 Å². The first-order chi connectivity index (χ1) is 15.4. The van der Waals surface area contributed by atoms with Gasteiger partial charge < -0.3 is 5.11 Å². The van der Waals surface area contributed by atoms with Gasteiger partial charge in [0.1, 0.15) is 5.01 Å². The van der Waals surface area contributed by atoms with Crippen LogP contribution in [0.4, 0.5) is 11.4 Å².